The number of para-hydroxylation sites is 1. The first kappa shape index (κ1) is 15.9. The summed E-state index contributed by atoms with van der Waals surface area (Å²) in [5.41, 5.74) is 2.32. The van der Waals surface area contributed by atoms with Crippen molar-refractivity contribution in [3.63, 3.8) is 0 Å². The minimum atomic E-state index is -0.378. The van der Waals surface area contributed by atoms with Crippen molar-refractivity contribution in [2.75, 3.05) is 0 Å². The van der Waals surface area contributed by atoms with Gasteiger partial charge >= 0.3 is 5.97 Å². The molecular weight excluding hydrogens is 354 g/mol. The predicted molar refractivity (Wildman–Crippen MR) is 98.8 cm³/mol. The Balaban J connectivity index is 1.50. The molecule has 0 radical (unpaired) electrons. The van der Waals surface area contributed by atoms with Gasteiger partial charge in [-0.2, -0.15) is 0 Å². The second-order valence-electron chi connectivity index (χ2n) is 5.30. The monoisotopic (exact) mass is 367 g/mol. The summed E-state index contributed by atoms with van der Waals surface area (Å²) in [4.78, 5) is 26.1. The molecule has 0 unspecified atom stereocenters. The fourth-order valence-corrected chi connectivity index (χ4v) is 4.18. The number of nitrogens with zero attached hydrogens (tertiary/aromatic N) is 3. The Morgan fingerprint density at radius 2 is 1.92 bits per heavy atom. The van der Waals surface area contributed by atoms with Crippen molar-refractivity contribution in [3.8, 4) is 10.7 Å². The molecule has 25 heavy (non-hydrogen) atoms. The smallest absolute Gasteiger partial charge is 0.350 e. The molecule has 0 bridgehead atoms. The maximum Gasteiger partial charge on any atom is 0.350 e. The van der Waals surface area contributed by atoms with E-state index in [0.717, 1.165) is 20.9 Å². The van der Waals surface area contributed by atoms with Crippen LogP contribution < -0.4 is 0 Å². The standard InChI is InChI=1S/C18H13N3O2S2/c1-11-16(25-17(20-11)13-7-4-5-9-19-13)18(22)23-10-15-21-12-6-2-3-8-14(12)24-15/h2-9H,10H2,1H3. The number of thiazole rings is 2. The van der Waals surface area contributed by atoms with Crippen LogP contribution in [-0.2, 0) is 11.3 Å². The molecule has 7 heteroatoms. The maximum absolute atomic E-state index is 12.4. The van der Waals surface area contributed by atoms with E-state index in [4.69, 9.17) is 4.74 Å². The molecule has 0 N–H and O–H groups in total. The van der Waals surface area contributed by atoms with Crippen molar-refractivity contribution < 1.29 is 9.53 Å². The topological polar surface area (TPSA) is 65.0 Å². The second-order valence-corrected chi connectivity index (χ2v) is 7.41. The molecule has 0 amide bonds. The number of esters is 1. The van der Waals surface area contributed by atoms with Crippen molar-refractivity contribution in [1.29, 1.82) is 0 Å². The molecule has 0 aliphatic heterocycles. The summed E-state index contributed by atoms with van der Waals surface area (Å²) in [6, 6.07) is 13.5. The van der Waals surface area contributed by atoms with Gasteiger partial charge in [0.2, 0.25) is 0 Å². The molecule has 124 valence electrons. The number of aryl methyl sites for hydroxylation is 1. The van der Waals surface area contributed by atoms with Crippen molar-refractivity contribution in [1.82, 2.24) is 15.0 Å². The van der Waals surface area contributed by atoms with Crippen LogP contribution in [0.15, 0.2) is 48.7 Å². The third-order valence-electron chi connectivity index (χ3n) is 3.53. The lowest BCUT2D eigenvalue weighted by Crippen LogP contribution is -2.04. The molecule has 0 aliphatic carbocycles. The van der Waals surface area contributed by atoms with Gasteiger partial charge < -0.3 is 4.74 Å². The van der Waals surface area contributed by atoms with Gasteiger partial charge in [-0.15, -0.1) is 22.7 Å². The van der Waals surface area contributed by atoms with Crippen molar-refractivity contribution in [2.45, 2.75) is 13.5 Å². The van der Waals surface area contributed by atoms with Crippen molar-refractivity contribution >= 4 is 38.9 Å². The lowest BCUT2D eigenvalue weighted by molar-refractivity contribution is 0.0477. The minimum Gasteiger partial charge on any atom is -0.454 e. The second kappa shape index (κ2) is 6.70. The molecule has 3 aromatic heterocycles. The van der Waals surface area contributed by atoms with Gasteiger partial charge in [0.15, 0.2) is 0 Å². The normalized spacial score (nSPS) is 10.9. The van der Waals surface area contributed by atoms with E-state index >= 15 is 0 Å². The zero-order chi connectivity index (χ0) is 17.2. The maximum atomic E-state index is 12.4. The summed E-state index contributed by atoms with van der Waals surface area (Å²) < 4.78 is 6.52. The Labute approximate surface area is 152 Å². The number of hydrogen-bond donors (Lipinski definition) is 0. The highest BCUT2D eigenvalue weighted by Crippen LogP contribution is 2.28. The molecule has 3 heterocycles. The van der Waals surface area contributed by atoms with Crippen LogP contribution in [0.5, 0.6) is 0 Å². The van der Waals surface area contributed by atoms with Crippen LogP contribution in [0.25, 0.3) is 20.9 Å². The Hall–Kier alpha value is -2.64. The van der Waals surface area contributed by atoms with Gasteiger partial charge in [-0.05, 0) is 31.2 Å². The summed E-state index contributed by atoms with van der Waals surface area (Å²) in [7, 11) is 0. The summed E-state index contributed by atoms with van der Waals surface area (Å²) in [6.45, 7) is 1.96. The third-order valence-corrected chi connectivity index (χ3v) is 5.70. The van der Waals surface area contributed by atoms with Gasteiger partial charge in [0.1, 0.15) is 21.5 Å². The van der Waals surface area contributed by atoms with Gasteiger partial charge in [0.25, 0.3) is 0 Å². The molecule has 5 nitrogen and oxygen atoms in total. The van der Waals surface area contributed by atoms with E-state index in [1.54, 1.807) is 13.1 Å². The highest BCUT2D eigenvalue weighted by atomic mass is 32.1. The zero-order valence-corrected chi connectivity index (χ0v) is 14.9. The average molecular weight is 367 g/mol. The van der Waals surface area contributed by atoms with Crippen LogP contribution in [0.4, 0.5) is 0 Å². The van der Waals surface area contributed by atoms with Crippen molar-refractivity contribution in [2.24, 2.45) is 0 Å². The fourth-order valence-electron chi connectivity index (χ4n) is 2.36. The molecule has 0 aliphatic rings. The van der Waals surface area contributed by atoms with E-state index in [0.29, 0.717) is 15.6 Å². The van der Waals surface area contributed by atoms with E-state index < -0.39 is 0 Å². The number of hydrogen-bond acceptors (Lipinski definition) is 7. The lowest BCUT2D eigenvalue weighted by atomic mass is 10.3. The Kier molecular flexibility index (Phi) is 4.25. The van der Waals surface area contributed by atoms with Gasteiger partial charge in [-0.3, -0.25) is 4.98 Å². The van der Waals surface area contributed by atoms with E-state index in [-0.39, 0.29) is 12.6 Å². The SMILES string of the molecule is Cc1nc(-c2ccccn2)sc1C(=O)OCc1nc2ccccc2s1. The van der Waals surface area contributed by atoms with Crippen LogP contribution in [0.2, 0.25) is 0 Å². The number of rotatable bonds is 4. The highest BCUT2D eigenvalue weighted by molar-refractivity contribution is 7.18. The number of carbonyl (C=O) groups is 1. The van der Waals surface area contributed by atoms with Gasteiger partial charge in [0.05, 0.1) is 21.6 Å². The third kappa shape index (κ3) is 3.29. The lowest BCUT2D eigenvalue weighted by Gasteiger charge is -2.00. The van der Waals surface area contributed by atoms with E-state index in [2.05, 4.69) is 15.0 Å². The van der Waals surface area contributed by atoms with Gasteiger partial charge in [0, 0.05) is 6.20 Å². The Morgan fingerprint density at radius 1 is 1.08 bits per heavy atom. The Bertz CT molecular complexity index is 1010. The first-order valence-corrected chi connectivity index (χ1v) is 9.24. The first-order valence-electron chi connectivity index (χ1n) is 7.61. The van der Waals surface area contributed by atoms with Crippen molar-refractivity contribution in [3.05, 3.63) is 64.2 Å². The van der Waals surface area contributed by atoms with E-state index in [9.17, 15) is 4.79 Å². The molecule has 0 saturated carbocycles. The average Bonchev–Trinajstić information content (AvgIpc) is 3.23. The van der Waals surface area contributed by atoms with E-state index in [1.165, 1.54) is 22.7 Å². The van der Waals surface area contributed by atoms with Crippen LogP contribution in [0.3, 0.4) is 0 Å². The molecule has 4 rings (SSSR count). The predicted octanol–water partition coefficient (Wildman–Crippen LogP) is 4.48. The largest absolute Gasteiger partial charge is 0.454 e. The number of pyridine rings is 1. The highest BCUT2D eigenvalue weighted by Gasteiger charge is 2.18. The van der Waals surface area contributed by atoms with Crippen LogP contribution in [0.1, 0.15) is 20.4 Å². The Morgan fingerprint density at radius 3 is 2.72 bits per heavy atom. The molecule has 0 atom stereocenters. The number of ether oxygens (including phenoxy) is 1. The summed E-state index contributed by atoms with van der Waals surface area (Å²) >= 11 is 2.83. The number of aromatic nitrogens is 3. The molecule has 1 aromatic carbocycles. The minimum absolute atomic E-state index is 0.161. The molecule has 4 aromatic rings. The van der Waals surface area contributed by atoms with Crippen LogP contribution in [0, 0.1) is 6.92 Å². The van der Waals surface area contributed by atoms with Gasteiger partial charge in [-0.25, -0.2) is 14.8 Å². The number of fused-ring (bicyclic) bond motifs is 1. The zero-order valence-electron chi connectivity index (χ0n) is 13.3. The molecule has 0 saturated heterocycles. The van der Waals surface area contributed by atoms with Gasteiger partial charge in [-0.1, -0.05) is 18.2 Å². The quantitative estimate of drug-likeness (QED) is 0.498. The molecule has 0 spiro atoms. The number of benzene rings is 1. The molecule has 0 fully saturated rings. The number of carbonyl (C=O) groups excluding carboxylic acids is 1. The summed E-state index contributed by atoms with van der Waals surface area (Å²) in [5, 5.41) is 1.49. The summed E-state index contributed by atoms with van der Waals surface area (Å²) in [5.74, 6) is -0.378. The summed E-state index contributed by atoms with van der Waals surface area (Å²) in [6.07, 6.45) is 1.71. The van der Waals surface area contributed by atoms with Crippen LogP contribution >= 0.6 is 22.7 Å². The molecular formula is C18H13N3O2S2. The fraction of sp³-hybridized carbons (Fsp3) is 0.111. The first-order chi connectivity index (χ1) is 12.2. The van der Waals surface area contributed by atoms with E-state index in [1.807, 2.05) is 42.5 Å². The van der Waals surface area contributed by atoms with Crippen LogP contribution in [-0.4, -0.2) is 20.9 Å².